The second kappa shape index (κ2) is 10.6. The molecule has 0 aliphatic rings. The standard InChI is InChI=1S/C23H19BrN2O5/c24-18-13-19(26(29)30)22(25-14-18)21(20(27)12-11-16-7-3-1-4-8-16)23(28)31-15-17-9-5-2-6-10-17/h1-10,13-14,21H,11-12,15H2. The lowest BCUT2D eigenvalue weighted by molar-refractivity contribution is -0.386. The lowest BCUT2D eigenvalue weighted by Crippen LogP contribution is -2.26. The number of carbonyl (C=O) groups is 2. The van der Waals surface area contributed by atoms with Crippen molar-refractivity contribution in [3.63, 3.8) is 0 Å². The van der Waals surface area contributed by atoms with Gasteiger partial charge in [0, 0.05) is 23.2 Å². The molecule has 1 aromatic heterocycles. The number of nitro groups is 1. The quantitative estimate of drug-likeness (QED) is 0.188. The van der Waals surface area contributed by atoms with Gasteiger partial charge in [0.15, 0.2) is 11.7 Å². The number of pyridine rings is 1. The monoisotopic (exact) mass is 482 g/mol. The summed E-state index contributed by atoms with van der Waals surface area (Å²) in [5.41, 5.74) is 1.03. The molecule has 0 fully saturated rings. The van der Waals surface area contributed by atoms with E-state index in [2.05, 4.69) is 20.9 Å². The van der Waals surface area contributed by atoms with Gasteiger partial charge in [0.2, 0.25) is 0 Å². The molecule has 2 aromatic carbocycles. The molecule has 1 heterocycles. The third kappa shape index (κ3) is 6.05. The Bertz CT molecular complexity index is 1020. The molecule has 0 amide bonds. The van der Waals surface area contributed by atoms with Crippen LogP contribution in [0, 0.1) is 10.1 Å². The number of nitrogens with zero attached hydrogens (tertiary/aromatic N) is 2. The number of Topliss-reactive ketones (excluding diaryl/α,β-unsaturated/α-hetero) is 1. The van der Waals surface area contributed by atoms with Gasteiger partial charge in [0.25, 0.3) is 5.69 Å². The number of aromatic nitrogens is 1. The maximum absolute atomic E-state index is 13.1. The maximum Gasteiger partial charge on any atom is 0.323 e. The summed E-state index contributed by atoms with van der Waals surface area (Å²) in [6, 6.07) is 19.5. The summed E-state index contributed by atoms with van der Waals surface area (Å²) in [7, 11) is 0. The minimum Gasteiger partial charge on any atom is -0.460 e. The number of ether oxygens (including phenoxy) is 1. The van der Waals surface area contributed by atoms with E-state index < -0.39 is 28.3 Å². The molecule has 0 spiro atoms. The second-order valence-corrected chi connectivity index (χ2v) is 7.71. The molecule has 0 aliphatic heterocycles. The fraction of sp³-hybridized carbons (Fsp3) is 0.174. The second-order valence-electron chi connectivity index (χ2n) is 6.79. The van der Waals surface area contributed by atoms with Crippen molar-refractivity contribution in [2.75, 3.05) is 0 Å². The highest BCUT2D eigenvalue weighted by molar-refractivity contribution is 9.10. The third-order valence-corrected chi connectivity index (χ3v) is 5.05. The van der Waals surface area contributed by atoms with Crippen LogP contribution in [0.25, 0.3) is 0 Å². The number of halogens is 1. The summed E-state index contributed by atoms with van der Waals surface area (Å²) in [4.78, 5) is 40.9. The van der Waals surface area contributed by atoms with Gasteiger partial charge in [-0.1, -0.05) is 60.7 Å². The van der Waals surface area contributed by atoms with E-state index in [4.69, 9.17) is 4.74 Å². The first-order valence-corrected chi connectivity index (χ1v) is 10.3. The minimum absolute atomic E-state index is 0.0179. The number of hydrogen-bond acceptors (Lipinski definition) is 6. The van der Waals surface area contributed by atoms with Crippen molar-refractivity contribution in [3.05, 3.63) is 104 Å². The first-order valence-electron chi connectivity index (χ1n) is 9.52. The molecule has 0 saturated carbocycles. The molecule has 7 nitrogen and oxygen atoms in total. The molecule has 0 saturated heterocycles. The van der Waals surface area contributed by atoms with Gasteiger partial charge in [-0.05, 0) is 33.5 Å². The van der Waals surface area contributed by atoms with Crippen molar-refractivity contribution >= 4 is 33.4 Å². The van der Waals surface area contributed by atoms with Gasteiger partial charge < -0.3 is 4.74 Å². The van der Waals surface area contributed by atoms with Crippen molar-refractivity contribution in [2.45, 2.75) is 25.4 Å². The Kier molecular flexibility index (Phi) is 7.61. The van der Waals surface area contributed by atoms with Crippen LogP contribution in [0.2, 0.25) is 0 Å². The van der Waals surface area contributed by atoms with Gasteiger partial charge in [-0.3, -0.25) is 24.7 Å². The zero-order chi connectivity index (χ0) is 22.2. The van der Waals surface area contributed by atoms with E-state index >= 15 is 0 Å². The summed E-state index contributed by atoms with van der Waals surface area (Å²) >= 11 is 3.14. The summed E-state index contributed by atoms with van der Waals surface area (Å²) in [5, 5.41) is 11.6. The van der Waals surface area contributed by atoms with Crippen LogP contribution in [0.3, 0.4) is 0 Å². The Labute approximate surface area is 187 Å². The van der Waals surface area contributed by atoms with Crippen LogP contribution in [-0.4, -0.2) is 21.7 Å². The number of ketones is 1. The van der Waals surface area contributed by atoms with E-state index in [0.717, 1.165) is 11.1 Å². The van der Waals surface area contributed by atoms with E-state index in [1.54, 1.807) is 24.3 Å². The molecular formula is C23H19BrN2O5. The van der Waals surface area contributed by atoms with Gasteiger partial charge in [0.05, 0.1) is 4.92 Å². The highest BCUT2D eigenvalue weighted by atomic mass is 79.9. The predicted octanol–water partition coefficient (Wildman–Crippen LogP) is 4.78. The van der Waals surface area contributed by atoms with Gasteiger partial charge in [-0.15, -0.1) is 0 Å². The lowest BCUT2D eigenvalue weighted by Gasteiger charge is -2.15. The first kappa shape index (κ1) is 22.3. The van der Waals surface area contributed by atoms with Crippen molar-refractivity contribution in [1.29, 1.82) is 0 Å². The summed E-state index contributed by atoms with van der Waals surface area (Å²) in [5.74, 6) is -2.83. The van der Waals surface area contributed by atoms with Gasteiger partial charge in [-0.25, -0.2) is 0 Å². The van der Waals surface area contributed by atoms with Crippen LogP contribution in [0.5, 0.6) is 0 Å². The third-order valence-electron chi connectivity index (χ3n) is 4.62. The number of rotatable bonds is 9. The Morgan fingerprint density at radius 3 is 2.26 bits per heavy atom. The van der Waals surface area contributed by atoms with Crippen LogP contribution in [0.15, 0.2) is 77.4 Å². The number of hydrogen-bond donors (Lipinski definition) is 0. The molecule has 1 unspecified atom stereocenters. The molecular weight excluding hydrogens is 464 g/mol. The summed E-state index contributed by atoms with van der Waals surface area (Å²) in [6.45, 7) is -0.0491. The number of carbonyl (C=O) groups excluding carboxylic acids is 2. The Morgan fingerprint density at radius 2 is 1.65 bits per heavy atom. The lowest BCUT2D eigenvalue weighted by atomic mass is 9.93. The Hall–Kier alpha value is -3.39. The van der Waals surface area contributed by atoms with Crippen molar-refractivity contribution in [3.8, 4) is 0 Å². The minimum atomic E-state index is -1.49. The number of aryl methyl sites for hydroxylation is 1. The smallest absolute Gasteiger partial charge is 0.323 e. The molecule has 8 heteroatoms. The van der Waals surface area contributed by atoms with Crippen molar-refractivity contribution in [2.24, 2.45) is 0 Å². The predicted molar refractivity (Wildman–Crippen MR) is 117 cm³/mol. The fourth-order valence-corrected chi connectivity index (χ4v) is 3.39. The fourth-order valence-electron chi connectivity index (χ4n) is 3.07. The van der Waals surface area contributed by atoms with Crippen LogP contribution in [0.4, 0.5) is 5.69 Å². The zero-order valence-electron chi connectivity index (χ0n) is 16.4. The molecule has 158 valence electrons. The topological polar surface area (TPSA) is 99.4 Å². The van der Waals surface area contributed by atoms with Crippen molar-refractivity contribution in [1.82, 2.24) is 4.98 Å². The van der Waals surface area contributed by atoms with E-state index in [1.165, 1.54) is 12.3 Å². The molecule has 0 radical (unpaired) electrons. The average molecular weight is 483 g/mol. The molecule has 1 atom stereocenters. The van der Waals surface area contributed by atoms with Gasteiger partial charge in [0.1, 0.15) is 12.3 Å². The SMILES string of the molecule is O=C(CCc1ccccc1)C(C(=O)OCc1ccccc1)c1ncc(Br)cc1[N+](=O)[O-]. The number of esters is 1. The highest BCUT2D eigenvalue weighted by Gasteiger charge is 2.36. The molecule has 3 aromatic rings. The number of benzene rings is 2. The summed E-state index contributed by atoms with van der Waals surface area (Å²) in [6.07, 6.45) is 1.74. The van der Waals surface area contributed by atoms with E-state index in [1.807, 2.05) is 36.4 Å². The highest BCUT2D eigenvalue weighted by Crippen LogP contribution is 2.30. The molecule has 31 heavy (non-hydrogen) atoms. The van der Waals surface area contributed by atoms with Gasteiger partial charge >= 0.3 is 5.97 Å². The maximum atomic E-state index is 13.1. The summed E-state index contributed by atoms with van der Waals surface area (Å²) < 4.78 is 5.72. The zero-order valence-corrected chi connectivity index (χ0v) is 18.0. The molecule has 0 bridgehead atoms. The van der Waals surface area contributed by atoms with Crippen LogP contribution >= 0.6 is 15.9 Å². The largest absolute Gasteiger partial charge is 0.460 e. The average Bonchev–Trinajstić information content (AvgIpc) is 2.78. The molecule has 0 N–H and O–H groups in total. The first-order chi connectivity index (χ1) is 15.0. The van der Waals surface area contributed by atoms with Crippen molar-refractivity contribution < 1.29 is 19.2 Å². The van der Waals surface area contributed by atoms with E-state index in [9.17, 15) is 19.7 Å². The van der Waals surface area contributed by atoms with Crippen LogP contribution in [0.1, 0.15) is 29.2 Å². The molecule has 3 rings (SSSR count). The molecule has 0 aliphatic carbocycles. The van der Waals surface area contributed by atoms with Crippen LogP contribution < -0.4 is 0 Å². The van der Waals surface area contributed by atoms with Gasteiger partial charge in [-0.2, -0.15) is 0 Å². The Balaban J connectivity index is 1.87. The normalized spacial score (nSPS) is 11.5. The van der Waals surface area contributed by atoms with E-state index in [-0.39, 0.29) is 18.7 Å². The van der Waals surface area contributed by atoms with Crippen LogP contribution in [-0.2, 0) is 27.4 Å². The Morgan fingerprint density at radius 1 is 1.03 bits per heavy atom. The van der Waals surface area contributed by atoms with E-state index in [0.29, 0.717) is 10.9 Å².